The number of H-pyrrole nitrogens is 1. The number of ether oxygens (including phenoxy) is 1. The van der Waals surface area contributed by atoms with Crippen LogP contribution < -0.4 is 0 Å². The summed E-state index contributed by atoms with van der Waals surface area (Å²) in [6.07, 6.45) is 0. The highest BCUT2D eigenvalue weighted by atomic mass is 127. The Morgan fingerprint density at radius 3 is 3.00 bits per heavy atom. The first-order valence-corrected chi connectivity index (χ1v) is 5.13. The third-order valence-corrected chi connectivity index (χ3v) is 2.76. The van der Waals surface area contributed by atoms with E-state index in [2.05, 4.69) is 14.9 Å². The van der Waals surface area contributed by atoms with Crippen LogP contribution in [0, 0.1) is 9.52 Å². The third-order valence-electron chi connectivity index (χ3n) is 1.98. The molecular formula is C9H6FIN2O2. The van der Waals surface area contributed by atoms with Crippen LogP contribution in [-0.2, 0) is 4.74 Å². The van der Waals surface area contributed by atoms with E-state index in [1.807, 2.05) is 22.6 Å². The Hall–Kier alpha value is -1.18. The van der Waals surface area contributed by atoms with Gasteiger partial charge in [-0.15, -0.1) is 0 Å². The van der Waals surface area contributed by atoms with Crippen molar-refractivity contribution < 1.29 is 13.9 Å². The normalized spacial score (nSPS) is 10.6. The predicted octanol–water partition coefficient (Wildman–Crippen LogP) is 2.09. The number of halogens is 2. The summed E-state index contributed by atoms with van der Waals surface area (Å²) >= 11 is 1.99. The zero-order chi connectivity index (χ0) is 11.0. The molecule has 0 atom stereocenters. The van der Waals surface area contributed by atoms with E-state index in [9.17, 15) is 9.18 Å². The molecule has 1 heterocycles. The van der Waals surface area contributed by atoms with Gasteiger partial charge in [0, 0.05) is 11.5 Å². The van der Waals surface area contributed by atoms with Gasteiger partial charge >= 0.3 is 5.97 Å². The Kier molecular flexibility index (Phi) is 2.59. The van der Waals surface area contributed by atoms with Crippen LogP contribution in [0.5, 0.6) is 0 Å². The smallest absolute Gasteiger partial charge is 0.338 e. The van der Waals surface area contributed by atoms with Crippen molar-refractivity contribution in [3.63, 3.8) is 0 Å². The van der Waals surface area contributed by atoms with Crippen molar-refractivity contribution in [3.8, 4) is 0 Å². The van der Waals surface area contributed by atoms with Crippen molar-refractivity contribution in [3.05, 3.63) is 27.2 Å². The Labute approximate surface area is 97.9 Å². The van der Waals surface area contributed by atoms with Gasteiger partial charge in [-0.25, -0.2) is 9.18 Å². The second kappa shape index (κ2) is 3.76. The monoisotopic (exact) mass is 320 g/mol. The summed E-state index contributed by atoms with van der Waals surface area (Å²) in [5.41, 5.74) is 0.602. The number of carbonyl (C=O) groups is 1. The summed E-state index contributed by atoms with van der Waals surface area (Å²) in [7, 11) is 1.26. The minimum absolute atomic E-state index is 0.186. The lowest BCUT2D eigenvalue weighted by atomic mass is 10.1. The Balaban J connectivity index is 2.80. The molecule has 15 heavy (non-hydrogen) atoms. The van der Waals surface area contributed by atoms with E-state index in [-0.39, 0.29) is 5.56 Å². The van der Waals surface area contributed by atoms with Crippen molar-refractivity contribution >= 4 is 39.5 Å². The molecule has 0 aliphatic carbocycles. The Morgan fingerprint density at radius 1 is 1.60 bits per heavy atom. The van der Waals surface area contributed by atoms with E-state index in [4.69, 9.17) is 0 Å². The molecule has 0 aliphatic heterocycles. The third kappa shape index (κ3) is 1.69. The summed E-state index contributed by atoms with van der Waals surface area (Å²) in [4.78, 5) is 11.4. The van der Waals surface area contributed by atoms with Crippen LogP contribution in [0.15, 0.2) is 12.1 Å². The lowest BCUT2D eigenvalue weighted by Gasteiger charge is -2.01. The van der Waals surface area contributed by atoms with Crippen molar-refractivity contribution in [2.24, 2.45) is 0 Å². The Morgan fingerprint density at radius 2 is 2.33 bits per heavy atom. The lowest BCUT2D eigenvalue weighted by molar-refractivity contribution is 0.0602. The van der Waals surface area contributed by atoms with Gasteiger partial charge in [-0.1, -0.05) is 0 Å². The lowest BCUT2D eigenvalue weighted by Crippen LogP contribution is -2.02. The van der Waals surface area contributed by atoms with Crippen LogP contribution >= 0.6 is 22.6 Å². The molecule has 0 unspecified atom stereocenters. The molecule has 0 spiro atoms. The summed E-state index contributed by atoms with van der Waals surface area (Å²) in [6.45, 7) is 0. The van der Waals surface area contributed by atoms with Crippen LogP contribution in [0.3, 0.4) is 0 Å². The van der Waals surface area contributed by atoms with Gasteiger partial charge in [0.2, 0.25) is 0 Å². The van der Waals surface area contributed by atoms with Gasteiger partial charge in [-0.3, -0.25) is 5.10 Å². The standard InChI is InChI=1S/C9H6FIN2O2/c1-15-9(14)5-2-4(10)3-6-7(5)8(11)13-12-6/h2-3H,1H3,(H,12,13). The van der Waals surface area contributed by atoms with Crippen LogP contribution in [-0.4, -0.2) is 23.3 Å². The fraction of sp³-hybridized carbons (Fsp3) is 0.111. The number of nitrogens with one attached hydrogen (secondary N) is 1. The number of methoxy groups -OCH3 is 1. The van der Waals surface area contributed by atoms with Crippen LogP contribution in [0.2, 0.25) is 0 Å². The molecule has 0 bridgehead atoms. The number of carbonyl (C=O) groups excluding carboxylic acids is 1. The fourth-order valence-corrected chi connectivity index (χ4v) is 2.03. The van der Waals surface area contributed by atoms with Gasteiger partial charge in [-0.05, 0) is 28.7 Å². The average Bonchev–Trinajstić information content (AvgIpc) is 2.58. The van der Waals surface area contributed by atoms with E-state index in [1.165, 1.54) is 13.2 Å². The second-order valence-electron chi connectivity index (χ2n) is 2.88. The molecule has 2 rings (SSSR count). The first-order valence-electron chi connectivity index (χ1n) is 4.05. The van der Waals surface area contributed by atoms with E-state index in [1.54, 1.807) is 0 Å². The maximum absolute atomic E-state index is 13.1. The van der Waals surface area contributed by atoms with Gasteiger partial charge in [0.1, 0.15) is 9.52 Å². The van der Waals surface area contributed by atoms with Crippen molar-refractivity contribution in [2.75, 3.05) is 7.11 Å². The van der Waals surface area contributed by atoms with Gasteiger partial charge in [0.05, 0.1) is 18.2 Å². The first kappa shape index (κ1) is 10.3. The topological polar surface area (TPSA) is 55.0 Å². The number of fused-ring (bicyclic) bond motifs is 1. The van der Waals surface area contributed by atoms with Crippen LogP contribution in [0.25, 0.3) is 10.9 Å². The SMILES string of the molecule is COC(=O)c1cc(F)cc2n[nH]c(I)c12. The number of rotatable bonds is 1. The number of aromatic nitrogens is 2. The molecule has 78 valence electrons. The molecular weight excluding hydrogens is 314 g/mol. The maximum Gasteiger partial charge on any atom is 0.338 e. The van der Waals surface area contributed by atoms with Crippen LogP contribution in [0.4, 0.5) is 4.39 Å². The molecule has 0 amide bonds. The largest absolute Gasteiger partial charge is 0.465 e. The molecule has 1 aromatic heterocycles. The summed E-state index contributed by atoms with van der Waals surface area (Å²) in [5.74, 6) is -1.08. The van der Waals surface area contributed by atoms with E-state index in [0.717, 1.165) is 6.07 Å². The highest BCUT2D eigenvalue weighted by Crippen LogP contribution is 2.24. The molecule has 6 heteroatoms. The zero-order valence-corrected chi connectivity index (χ0v) is 9.83. The molecule has 2 aromatic rings. The minimum Gasteiger partial charge on any atom is -0.465 e. The Bertz CT molecular complexity index is 538. The number of aromatic amines is 1. The zero-order valence-electron chi connectivity index (χ0n) is 7.67. The highest BCUT2D eigenvalue weighted by Gasteiger charge is 2.16. The molecule has 0 saturated heterocycles. The first-order chi connectivity index (χ1) is 7.13. The van der Waals surface area contributed by atoms with E-state index >= 15 is 0 Å². The van der Waals surface area contributed by atoms with Gasteiger partial charge in [0.25, 0.3) is 0 Å². The second-order valence-corrected chi connectivity index (χ2v) is 3.96. The molecule has 1 N–H and O–H groups in total. The highest BCUT2D eigenvalue weighted by molar-refractivity contribution is 14.1. The van der Waals surface area contributed by atoms with E-state index in [0.29, 0.717) is 14.6 Å². The summed E-state index contributed by atoms with van der Waals surface area (Å²) in [5, 5.41) is 7.15. The molecule has 1 aromatic carbocycles. The van der Waals surface area contributed by atoms with Crippen molar-refractivity contribution in [2.45, 2.75) is 0 Å². The van der Waals surface area contributed by atoms with Crippen molar-refractivity contribution in [1.82, 2.24) is 10.2 Å². The summed E-state index contributed by atoms with van der Waals surface area (Å²) in [6, 6.07) is 2.41. The number of esters is 1. The quantitative estimate of drug-likeness (QED) is 0.647. The average molecular weight is 320 g/mol. The van der Waals surface area contributed by atoms with E-state index < -0.39 is 11.8 Å². The summed E-state index contributed by atoms with van der Waals surface area (Å²) < 4.78 is 18.4. The molecule has 0 saturated carbocycles. The number of hydrogen-bond donors (Lipinski definition) is 1. The number of nitrogens with zero attached hydrogens (tertiary/aromatic N) is 1. The van der Waals surface area contributed by atoms with Crippen LogP contribution in [0.1, 0.15) is 10.4 Å². The minimum atomic E-state index is -0.571. The van der Waals surface area contributed by atoms with Crippen molar-refractivity contribution in [1.29, 1.82) is 0 Å². The molecule has 0 aliphatic rings. The predicted molar refractivity (Wildman–Crippen MR) is 60.1 cm³/mol. The maximum atomic E-state index is 13.1. The van der Waals surface area contributed by atoms with Gasteiger partial charge < -0.3 is 4.74 Å². The number of benzene rings is 1. The van der Waals surface area contributed by atoms with Gasteiger partial charge in [-0.2, -0.15) is 5.10 Å². The van der Waals surface area contributed by atoms with Gasteiger partial charge in [0.15, 0.2) is 0 Å². The molecule has 0 radical (unpaired) electrons. The fourth-order valence-electron chi connectivity index (χ4n) is 1.35. The number of hydrogen-bond acceptors (Lipinski definition) is 3. The molecule has 0 fully saturated rings. The molecule has 4 nitrogen and oxygen atoms in total.